The molecule has 2 rings (SSSR count). The number of hydrogen-bond donors (Lipinski definition) is 3. The van der Waals surface area contributed by atoms with E-state index in [0.29, 0.717) is 10.0 Å². The first-order valence-electron chi connectivity index (χ1n) is 5.63. The second kappa shape index (κ2) is 5.94. The van der Waals surface area contributed by atoms with E-state index in [0.717, 1.165) is 4.88 Å². The fraction of sp³-hybridized carbons (Fsp3) is 0.0769. The van der Waals surface area contributed by atoms with E-state index in [4.69, 9.17) is 16.7 Å². The maximum atomic E-state index is 11.7. The molecule has 5 nitrogen and oxygen atoms in total. The van der Waals surface area contributed by atoms with Crippen LogP contribution in [-0.2, 0) is 4.79 Å². The Hall–Kier alpha value is -2.05. The fourth-order valence-electron chi connectivity index (χ4n) is 1.61. The topological polar surface area (TPSA) is 82.2 Å². The molecule has 3 N–H and O–H groups in total. The molecule has 0 saturated heterocycles. The standard InChI is InChI=1S/C13H11ClN2O3S/c1-7-6-9(12(15-7)13(18)19)16-11(17)5-3-8-2-4-10(14)20-8/h2-6,15H,1H3,(H,16,17)(H,18,19)/b5-3+. The highest BCUT2D eigenvalue weighted by Crippen LogP contribution is 2.22. The number of aromatic carboxylic acids is 1. The molecule has 0 fully saturated rings. The van der Waals surface area contributed by atoms with Gasteiger partial charge in [0.05, 0.1) is 10.0 Å². The number of rotatable bonds is 4. The van der Waals surface area contributed by atoms with Crippen LogP contribution in [0.15, 0.2) is 24.3 Å². The van der Waals surface area contributed by atoms with Crippen LogP contribution in [0.3, 0.4) is 0 Å². The van der Waals surface area contributed by atoms with Crippen LogP contribution in [0, 0.1) is 6.92 Å². The largest absolute Gasteiger partial charge is 0.477 e. The Morgan fingerprint density at radius 3 is 2.80 bits per heavy atom. The number of carboxylic acid groups (broad SMARTS) is 1. The minimum Gasteiger partial charge on any atom is -0.477 e. The molecule has 0 atom stereocenters. The summed E-state index contributed by atoms with van der Waals surface area (Å²) in [4.78, 5) is 26.2. The Balaban J connectivity index is 2.08. The molecule has 0 radical (unpaired) electrons. The molecular weight excluding hydrogens is 300 g/mol. The van der Waals surface area contributed by atoms with Gasteiger partial charge in [-0.1, -0.05) is 11.6 Å². The number of carboxylic acids is 1. The number of nitrogens with one attached hydrogen (secondary N) is 2. The third-order valence-electron chi connectivity index (χ3n) is 2.42. The zero-order chi connectivity index (χ0) is 14.7. The number of amides is 1. The van der Waals surface area contributed by atoms with Crippen LogP contribution in [0.2, 0.25) is 4.34 Å². The molecule has 0 spiro atoms. The van der Waals surface area contributed by atoms with E-state index in [2.05, 4.69) is 10.3 Å². The molecule has 0 aliphatic heterocycles. The molecule has 0 aliphatic carbocycles. The number of H-pyrrole nitrogens is 1. The molecule has 0 bridgehead atoms. The lowest BCUT2D eigenvalue weighted by Crippen LogP contribution is -2.10. The predicted octanol–water partition coefficient (Wildman–Crippen LogP) is 3.39. The Kier molecular flexibility index (Phi) is 4.26. The third-order valence-corrected chi connectivity index (χ3v) is 3.61. The first-order chi connectivity index (χ1) is 9.45. The van der Waals surface area contributed by atoms with Gasteiger partial charge in [0.1, 0.15) is 5.69 Å². The number of hydrogen-bond acceptors (Lipinski definition) is 3. The molecule has 1 amide bonds. The smallest absolute Gasteiger partial charge is 0.354 e. The number of anilines is 1. The third kappa shape index (κ3) is 3.49. The minimum atomic E-state index is -1.12. The molecule has 104 valence electrons. The normalized spacial score (nSPS) is 10.9. The lowest BCUT2D eigenvalue weighted by atomic mass is 10.3. The number of carbonyl (C=O) groups is 2. The van der Waals surface area contributed by atoms with Crippen LogP contribution in [0.25, 0.3) is 6.08 Å². The van der Waals surface area contributed by atoms with Gasteiger partial charge >= 0.3 is 5.97 Å². The van der Waals surface area contributed by atoms with Crippen LogP contribution in [0.4, 0.5) is 5.69 Å². The number of carbonyl (C=O) groups excluding carboxylic acids is 1. The van der Waals surface area contributed by atoms with E-state index >= 15 is 0 Å². The molecule has 2 heterocycles. The van der Waals surface area contributed by atoms with Gasteiger partial charge in [0.25, 0.3) is 0 Å². The van der Waals surface area contributed by atoms with Crippen molar-refractivity contribution >= 4 is 46.6 Å². The highest BCUT2D eigenvalue weighted by molar-refractivity contribution is 7.17. The monoisotopic (exact) mass is 310 g/mol. The summed E-state index contributed by atoms with van der Waals surface area (Å²) in [6, 6.07) is 5.10. The van der Waals surface area contributed by atoms with Crippen molar-refractivity contribution in [3.05, 3.63) is 44.9 Å². The summed E-state index contributed by atoms with van der Waals surface area (Å²) >= 11 is 7.13. The summed E-state index contributed by atoms with van der Waals surface area (Å²) < 4.78 is 0.638. The summed E-state index contributed by atoms with van der Waals surface area (Å²) in [6.07, 6.45) is 2.95. The van der Waals surface area contributed by atoms with Gasteiger partial charge in [-0.15, -0.1) is 11.3 Å². The van der Waals surface area contributed by atoms with Crippen molar-refractivity contribution < 1.29 is 14.7 Å². The summed E-state index contributed by atoms with van der Waals surface area (Å²) in [7, 11) is 0. The maximum absolute atomic E-state index is 11.7. The fourth-order valence-corrected chi connectivity index (χ4v) is 2.57. The van der Waals surface area contributed by atoms with Crippen LogP contribution in [0.1, 0.15) is 21.1 Å². The average Bonchev–Trinajstić information content (AvgIpc) is 2.93. The molecule has 2 aromatic heterocycles. The van der Waals surface area contributed by atoms with Crippen molar-refractivity contribution in [2.45, 2.75) is 6.92 Å². The van der Waals surface area contributed by atoms with E-state index in [1.807, 2.05) is 0 Å². The van der Waals surface area contributed by atoms with Crippen LogP contribution < -0.4 is 5.32 Å². The van der Waals surface area contributed by atoms with E-state index in [9.17, 15) is 9.59 Å². The van der Waals surface area contributed by atoms with Gasteiger partial charge in [-0.3, -0.25) is 4.79 Å². The second-order valence-electron chi connectivity index (χ2n) is 4.01. The van der Waals surface area contributed by atoms with Gasteiger partial charge in [-0.05, 0) is 31.2 Å². The molecule has 2 aromatic rings. The lowest BCUT2D eigenvalue weighted by Gasteiger charge is -2.00. The van der Waals surface area contributed by atoms with Crippen molar-refractivity contribution in [3.63, 3.8) is 0 Å². The van der Waals surface area contributed by atoms with Gasteiger partial charge in [0.15, 0.2) is 0 Å². The number of aromatic amines is 1. The first kappa shape index (κ1) is 14.4. The summed E-state index contributed by atoms with van der Waals surface area (Å²) in [5.74, 6) is -1.53. The molecule has 20 heavy (non-hydrogen) atoms. The Morgan fingerprint density at radius 2 is 2.20 bits per heavy atom. The van der Waals surface area contributed by atoms with Crippen molar-refractivity contribution in [1.82, 2.24) is 4.98 Å². The predicted molar refractivity (Wildman–Crippen MR) is 79.5 cm³/mol. The average molecular weight is 311 g/mol. The molecule has 0 aromatic carbocycles. The van der Waals surface area contributed by atoms with Gasteiger partial charge in [-0.2, -0.15) is 0 Å². The second-order valence-corrected chi connectivity index (χ2v) is 5.76. The summed E-state index contributed by atoms with van der Waals surface area (Å²) in [5.41, 5.74) is 0.865. The Bertz CT molecular complexity index is 688. The van der Waals surface area contributed by atoms with Gasteiger partial charge in [0, 0.05) is 16.6 Å². The molecule has 0 unspecified atom stereocenters. The van der Waals surface area contributed by atoms with Crippen LogP contribution in [0.5, 0.6) is 0 Å². The van der Waals surface area contributed by atoms with Gasteiger partial charge in [-0.25, -0.2) is 4.79 Å². The summed E-state index contributed by atoms with van der Waals surface area (Å²) in [5, 5.41) is 11.5. The first-order valence-corrected chi connectivity index (χ1v) is 6.82. The van der Waals surface area contributed by atoms with Crippen molar-refractivity contribution in [2.75, 3.05) is 5.32 Å². The molecule has 0 aliphatic rings. The van der Waals surface area contributed by atoms with Crippen molar-refractivity contribution in [3.8, 4) is 0 Å². The van der Waals surface area contributed by atoms with Crippen LogP contribution in [-0.4, -0.2) is 22.0 Å². The van der Waals surface area contributed by atoms with E-state index < -0.39 is 11.9 Å². The SMILES string of the molecule is Cc1cc(NC(=O)/C=C/c2ccc(Cl)s2)c(C(=O)O)[nH]1. The number of aromatic nitrogens is 1. The van der Waals surface area contributed by atoms with E-state index in [1.54, 1.807) is 31.2 Å². The highest BCUT2D eigenvalue weighted by atomic mass is 35.5. The minimum absolute atomic E-state index is 0.0385. The van der Waals surface area contributed by atoms with Gasteiger partial charge in [0.2, 0.25) is 5.91 Å². The van der Waals surface area contributed by atoms with Crippen molar-refractivity contribution in [2.24, 2.45) is 0 Å². The van der Waals surface area contributed by atoms with E-state index in [1.165, 1.54) is 17.4 Å². The number of aryl methyl sites for hydroxylation is 1. The molecule has 0 saturated carbocycles. The summed E-state index contributed by atoms with van der Waals surface area (Å²) in [6.45, 7) is 1.71. The zero-order valence-electron chi connectivity index (χ0n) is 10.4. The Morgan fingerprint density at radius 1 is 1.45 bits per heavy atom. The lowest BCUT2D eigenvalue weighted by molar-refractivity contribution is -0.111. The van der Waals surface area contributed by atoms with Crippen LogP contribution >= 0.6 is 22.9 Å². The maximum Gasteiger partial charge on any atom is 0.354 e. The number of halogens is 1. The zero-order valence-corrected chi connectivity index (χ0v) is 12.0. The number of thiophene rings is 1. The Labute approximate surface area is 123 Å². The molecule has 7 heteroatoms. The van der Waals surface area contributed by atoms with Gasteiger partial charge < -0.3 is 15.4 Å². The quantitative estimate of drug-likeness (QED) is 0.757. The van der Waals surface area contributed by atoms with Crippen molar-refractivity contribution in [1.29, 1.82) is 0 Å². The molecular formula is C13H11ClN2O3S. The highest BCUT2D eigenvalue weighted by Gasteiger charge is 2.14. The van der Waals surface area contributed by atoms with E-state index in [-0.39, 0.29) is 11.4 Å².